The van der Waals surface area contributed by atoms with Crippen LogP contribution in [0.25, 0.3) is 0 Å². The monoisotopic (exact) mass is 542 g/mol. The Labute approximate surface area is 238 Å². The molecule has 5 aliphatic rings. The van der Waals surface area contributed by atoms with Crippen LogP contribution in [-0.4, -0.2) is 72.2 Å². The van der Waals surface area contributed by atoms with Gasteiger partial charge in [-0.25, -0.2) is 0 Å². The lowest BCUT2D eigenvalue weighted by molar-refractivity contribution is -0.160. The molecule has 4 heterocycles. The van der Waals surface area contributed by atoms with Gasteiger partial charge in [-0.2, -0.15) is 0 Å². The fourth-order valence-electron chi connectivity index (χ4n) is 8.85. The lowest BCUT2D eigenvalue weighted by Crippen LogP contribution is -2.48. The quantitative estimate of drug-likeness (QED) is 0.485. The van der Waals surface area contributed by atoms with E-state index >= 15 is 0 Å². The highest BCUT2D eigenvalue weighted by molar-refractivity contribution is 5.91. The zero-order valence-electron chi connectivity index (χ0n) is 23.8. The molecule has 4 fully saturated rings. The maximum Gasteiger partial charge on any atom is 0.321 e. The molecule has 212 valence electrons. The van der Waals surface area contributed by atoms with Gasteiger partial charge in [-0.05, 0) is 95.0 Å². The van der Waals surface area contributed by atoms with E-state index in [0.29, 0.717) is 37.0 Å². The number of benzene rings is 2. The van der Waals surface area contributed by atoms with Crippen LogP contribution < -0.4 is 0 Å². The highest BCUT2D eigenvalue weighted by atomic mass is 16.5. The van der Waals surface area contributed by atoms with Crippen molar-refractivity contribution in [3.8, 4) is 0 Å². The Morgan fingerprint density at radius 2 is 1.23 bits per heavy atom. The number of fused-ring (bicyclic) bond motifs is 5. The second-order valence-electron chi connectivity index (χ2n) is 13.1. The molecule has 0 aromatic heterocycles. The molecule has 1 unspecified atom stereocenters. The average Bonchev–Trinajstić information content (AvgIpc) is 3.28. The van der Waals surface area contributed by atoms with Gasteiger partial charge in [0.05, 0.1) is 5.92 Å². The first-order valence-corrected chi connectivity index (χ1v) is 15.4. The van der Waals surface area contributed by atoms with Crippen LogP contribution >= 0.6 is 0 Å². The normalized spacial score (nSPS) is 37.1. The van der Waals surface area contributed by atoms with Gasteiger partial charge in [0.2, 0.25) is 0 Å². The molecule has 0 saturated carbocycles. The van der Waals surface area contributed by atoms with E-state index < -0.39 is 5.41 Å². The summed E-state index contributed by atoms with van der Waals surface area (Å²) in [6.45, 7) is 0. The van der Waals surface area contributed by atoms with Crippen molar-refractivity contribution >= 4 is 11.9 Å². The number of hydrogen-bond donors (Lipinski definition) is 0. The first kappa shape index (κ1) is 26.2. The van der Waals surface area contributed by atoms with Gasteiger partial charge < -0.3 is 19.3 Å². The lowest BCUT2D eigenvalue weighted by Gasteiger charge is -2.42. The van der Waals surface area contributed by atoms with Gasteiger partial charge >= 0.3 is 11.9 Å². The first-order chi connectivity index (χ1) is 19.4. The second-order valence-corrected chi connectivity index (χ2v) is 13.1. The third-order valence-electron chi connectivity index (χ3n) is 11.2. The van der Waals surface area contributed by atoms with Crippen molar-refractivity contribution in [2.45, 2.75) is 112 Å². The van der Waals surface area contributed by atoms with Gasteiger partial charge in [0.25, 0.3) is 0 Å². The number of ether oxygens (including phenoxy) is 2. The second kappa shape index (κ2) is 10.3. The molecule has 0 radical (unpaired) electrons. The predicted molar refractivity (Wildman–Crippen MR) is 153 cm³/mol. The molecule has 4 bridgehead atoms. The van der Waals surface area contributed by atoms with E-state index in [-0.39, 0.29) is 30.1 Å². The van der Waals surface area contributed by atoms with Crippen molar-refractivity contribution in [1.82, 2.24) is 9.80 Å². The summed E-state index contributed by atoms with van der Waals surface area (Å²) in [6.07, 6.45) is 9.44. The van der Waals surface area contributed by atoms with Crippen LogP contribution in [0.1, 0.15) is 86.8 Å². The van der Waals surface area contributed by atoms with Gasteiger partial charge in [-0.15, -0.1) is 0 Å². The van der Waals surface area contributed by atoms with Crippen LogP contribution in [0.3, 0.4) is 0 Å². The lowest BCUT2D eigenvalue weighted by atomic mass is 9.63. The summed E-state index contributed by atoms with van der Waals surface area (Å²) >= 11 is 0. The Morgan fingerprint density at radius 3 is 1.82 bits per heavy atom. The third kappa shape index (κ3) is 4.30. The number of hydrogen-bond acceptors (Lipinski definition) is 6. The van der Waals surface area contributed by atoms with Gasteiger partial charge in [-0.1, -0.05) is 54.6 Å². The van der Waals surface area contributed by atoms with E-state index in [1.165, 1.54) is 25.7 Å². The van der Waals surface area contributed by atoms with Crippen LogP contribution in [0.5, 0.6) is 0 Å². The highest BCUT2D eigenvalue weighted by Gasteiger charge is 2.52. The molecule has 2 aromatic carbocycles. The Balaban J connectivity index is 1.18. The fraction of sp³-hybridized carbons (Fsp3) is 0.588. The molecular weight excluding hydrogens is 500 g/mol. The van der Waals surface area contributed by atoms with Gasteiger partial charge in [0, 0.05) is 24.2 Å². The van der Waals surface area contributed by atoms with Gasteiger partial charge in [-0.3, -0.25) is 9.59 Å². The molecule has 7 rings (SSSR count). The SMILES string of the molecule is CN1[C@H]2CC[C@H]1CC(OC(=O)[C@H]1CC[C@](C(=O)OC3C[C@H]4CC[C@@H](C3)N4C)(c3ccccc3)c3ccccc31)C2. The number of piperidine rings is 2. The average molecular weight is 543 g/mol. The van der Waals surface area contributed by atoms with Crippen molar-refractivity contribution in [3.05, 3.63) is 71.3 Å². The van der Waals surface area contributed by atoms with Crippen molar-refractivity contribution in [3.63, 3.8) is 0 Å². The maximum atomic E-state index is 14.4. The van der Waals surface area contributed by atoms with E-state index in [0.717, 1.165) is 42.4 Å². The first-order valence-electron chi connectivity index (χ1n) is 15.4. The molecule has 0 N–H and O–H groups in total. The Bertz CT molecular complexity index is 1240. The minimum absolute atomic E-state index is 0.0149. The van der Waals surface area contributed by atoms with Crippen molar-refractivity contribution in [1.29, 1.82) is 0 Å². The van der Waals surface area contributed by atoms with Crippen LogP contribution in [0, 0.1) is 0 Å². The minimum atomic E-state index is -0.927. The smallest absolute Gasteiger partial charge is 0.321 e. The molecule has 4 saturated heterocycles. The summed E-state index contributed by atoms with van der Waals surface area (Å²) in [4.78, 5) is 33.1. The number of carbonyl (C=O) groups is 2. The third-order valence-corrected chi connectivity index (χ3v) is 11.2. The molecule has 6 nitrogen and oxygen atoms in total. The Morgan fingerprint density at radius 1 is 0.700 bits per heavy atom. The van der Waals surface area contributed by atoms with E-state index in [9.17, 15) is 9.59 Å². The van der Waals surface area contributed by atoms with Crippen molar-refractivity contribution in [2.75, 3.05) is 14.1 Å². The van der Waals surface area contributed by atoms with Crippen LogP contribution in [0.15, 0.2) is 54.6 Å². The number of nitrogens with zero attached hydrogens (tertiary/aromatic N) is 2. The Hall–Kier alpha value is -2.70. The topological polar surface area (TPSA) is 59.1 Å². The standard InChI is InChI=1S/C34H42N2O4/c1-35-23-12-13-24(35)19-27(18-23)39-32(37)30-16-17-34(22-8-4-3-5-9-22,31-11-7-6-10-29(30)31)33(38)40-28-20-25-14-15-26(21-28)36(25)2/h3-11,23-28,30H,12-21H2,1-2H3/t23-,24-,25-,26+,28?,30-,34-/m0/s1. The van der Waals surface area contributed by atoms with Crippen LogP contribution in [0.2, 0.25) is 0 Å². The Kier molecular flexibility index (Phi) is 6.74. The molecular formula is C34H42N2O4. The zero-order valence-corrected chi connectivity index (χ0v) is 23.8. The molecule has 6 heteroatoms. The fourth-order valence-corrected chi connectivity index (χ4v) is 8.85. The summed E-state index contributed by atoms with van der Waals surface area (Å²) < 4.78 is 12.7. The molecule has 0 spiro atoms. The maximum absolute atomic E-state index is 14.4. The largest absolute Gasteiger partial charge is 0.462 e. The predicted octanol–water partition coefficient (Wildman–Crippen LogP) is 5.19. The van der Waals surface area contributed by atoms with Gasteiger partial charge in [0.1, 0.15) is 17.6 Å². The highest BCUT2D eigenvalue weighted by Crippen LogP contribution is 2.49. The van der Waals surface area contributed by atoms with Gasteiger partial charge in [0.15, 0.2) is 0 Å². The molecule has 2 aromatic rings. The van der Waals surface area contributed by atoms with E-state index in [1.807, 2.05) is 54.6 Å². The van der Waals surface area contributed by atoms with Crippen LogP contribution in [0.4, 0.5) is 0 Å². The zero-order chi connectivity index (χ0) is 27.4. The molecule has 0 amide bonds. The summed E-state index contributed by atoms with van der Waals surface area (Å²) in [5.41, 5.74) is 1.84. The number of esters is 2. The van der Waals surface area contributed by atoms with Crippen molar-refractivity contribution < 1.29 is 19.1 Å². The van der Waals surface area contributed by atoms with E-state index in [1.54, 1.807) is 0 Å². The van der Waals surface area contributed by atoms with E-state index in [2.05, 4.69) is 23.9 Å². The summed E-state index contributed by atoms with van der Waals surface area (Å²) in [5, 5.41) is 0. The molecule has 7 atom stereocenters. The number of carbonyl (C=O) groups excluding carboxylic acids is 2. The molecule has 40 heavy (non-hydrogen) atoms. The summed E-state index contributed by atoms with van der Waals surface area (Å²) in [5.74, 6) is -0.667. The summed E-state index contributed by atoms with van der Waals surface area (Å²) in [7, 11) is 4.41. The molecule has 1 aliphatic carbocycles. The van der Waals surface area contributed by atoms with E-state index in [4.69, 9.17) is 9.47 Å². The number of rotatable bonds is 5. The minimum Gasteiger partial charge on any atom is -0.462 e. The van der Waals surface area contributed by atoms with Crippen LogP contribution in [-0.2, 0) is 24.5 Å². The van der Waals surface area contributed by atoms with Crippen molar-refractivity contribution in [2.24, 2.45) is 0 Å². The summed E-state index contributed by atoms with van der Waals surface area (Å²) in [6, 6.07) is 20.1. The molecule has 4 aliphatic heterocycles.